The van der Waals surface area contributed by atoms with Crippen molar-refractivity contribution in [3.8, 4) is 0 Å². The quantitative estimate of drug-likeness (QED) is 0.741. The fourth-order valence-corrected chi connectivity index (χ4v) is 1.64. The largest absolute Gasteiger partial charge is 0.452 e. The number of ether oxygens (including phenoxy) is 2. The molecule has 104 valence electrons. The van der Waals surface area contributed by atoms with Gasteiger partial charge >= 0.3 is 6.18 Å². The third kappa shape index (κ3) is 5.61. The van der Waals surface area contributed by atoms with Crippen LogP contribution < -0.4 is 5.32 Å². The summed E-state index contributed by atoms with van der Waals surface area (Å²) in [6.07, 6.45) is -3.82. The summed E-state index contributed by atoms with van der Waals surface area (Å²) in [4.78, 5) is 3.34. The molecule has 0 bridgehead atoms. The zero-order valence-corrected chi connectivity index (χ0v) is 10.6. The first-order valence-electron chi connectivity index (χ1n) is 5.25. The molecule has 0 saturated carbocycles. The van der Waals surface area contributed by atoms with Gasteiger partial charge in [0.25, 0.3) is 0 Å². The highest BCUT2D eigenvalue weighted by molar-refractivity contribution is 7.09. The lowest BCUT2D eigenvalue weighted by Gasteiger charge is -2.04. The topological polar surface area (TPSA) is 56.3 Å². The van der Waals surface area contributed by atoms with Gasteiger partial charge in [0.05, 0.1) is 13.2 Å². The summed E-state index contributed by atoms with van der Waals surface area (Å²) in [5.74, 6) is -1.11. The molecule has 0 unspecified atom stereocenters. The second kappa shape index (κ2) is 7.49. The normalized spacial score (nSPS) is 11.8. The first-order chi connectivity index (χ1) is 8.54. The molecule has 0 atom stereocenters. The molecule has 0 amide bonds. The van der Waals surface area contributed by atoms with E-state index in [9.17, 15) is 13.2 Å². The summed E-state index contributed by atoms with van der Waals surface area (Å²) in [6.45, 7) is 2.03. The Balaban J connectivity index is 2.14. The van der Waals surface area contributed by atoms with E-state index >= 15 is 0 Å². The maximum absolute atomic E-state index is 12.2. The van der Waals surface area contributed by atoms with Crippen LogP contribution in [-0.4, -0.2) is 42.8 Å². The third-order valence-corrected chi connectivity index (χ3v) is 2.53. The fourth-order valence-electron chi connectivity index (χ4n) is 1.02. The van der Waals surface area contributed by atoms with Crippen LogP contribution in [0.5, 0.6) is 0 Å². The Hall–Kier alpha value is -0.930. The number of hydrogen-bond acceptors (Lipinski definition) is 6. The third-order valence-electron chi connectivity index (χ3n) is 1.85. The van der Waals surface area contributed by atoms with E-state index in [0.717, 1.165) is 0 Å². The summed E-state index contributed by atoms with van der Waals surface area (Å²) in [7, 11) is 1.58. The summed E-state index contributed by atoms with van der Waals surface area (Å²) in [6, 6.07) is 0. The average Bonchev–Trinajstić information content (AvgIpc) is 2.76. The molecule has 1 rings (SSSR count). The number of alkyl halides is 3. The highest BCUT2D eigenvalue weighted by atomic mass is 32.1. The van der Waals surface area contributed by atoms with Gasteiger partial charge in [-0.2, -0.15) is 22.5 Å². The summed E-state index contributed by atoms with van der Waals surface area (Å²) in [5.41, 5.74) is 0. The first kappa shape index (κ1) is 15.1. The predicted molar refractivity (Wildman–Crippen MR) is 60.7 cm³/mol. The first-order valence-corrected chi connectivity index (χ1v) is 6.03. The SMILES string of the molecule is COCCOCCCNc1nc(C(F)(F)F)ns1. The molecule has 9 heteroatoms. The van der Waals surface area contributed by atoms with Crippen LogP contribution in [0, 0.1) is 0 Å². The van der Waals surface area contributed by atoms with E-state index in [-0.39, 0.29) is 5.13 Å². The maximum atomic E-state index is 12.2. The highest BCUT2D eigenvalue weighted by Gasteiger charge is 2.35. The van der Waals surface area contributed by atoms with E-state index < -0.39 is 12.0 Å². The molecule has 18 heavy (non-hydrogen) atoms. The summed E-state index contributed by atoms with van der Waals surface area (Å²) < 4.78 is 49.8. The van der Waals surface area contributed by atoms with Crippen LogP contribution in [-0.2, 0) is 15.7 Å². The van der Waals surface area contributed by atoms with Gasteiger partial charge in [-0.3, -0.25) is 0 Å². The highest BCUT2D eigenvalue weighted by Crippen LogP contribution is 2.28. The number of anilines is 1. The number of nitrogens with one attached hydrogen (secondary N) is 1. The Morgan fingerprint density at radius 2 is 2.06 bits per heavy atom. The minimum atomic E-state index is -4.49. The van der Waals surface area contributed by atoms with Crippen molar-refractivity contribution in [1.29, 1.82) is 0 Å². The number of rotatable bonds is 8. The molecular weight excluding hydrogens is 271 g/mol. The molecule has 1 heterocycles. The Kier molecular flexibility index (Phi) is 6.30. The van der Waals surface area contributed by atoms with Crippen molar-refractivity contribution in [1.82, 2.24) is 9.36 Å². The number of halogens is 3. The fraction of sp³-hybridized carbons (Fsp3) is 0.778. The van der Waals surface area contributed by atoms with E-state index in [4.69, 9.17) is 9.47 Å². The number of methoxy groups -OCH3 is 1. The van der Waals surface area contributed by atoms with Crippen molar-refractivity contribution in [2.24, 2.45) is 0 Å². The minimum Gasteiger partial charge on any atom is -0.382 e. The lowest BCUT2D eigenvalue weighted by atomic mass is 10.4. The van der Waals surface area contributed by atoms with Gasteiger partial charge in [-0.1, -0.05) is 0 Å². The van der Waals surface area contributed by atoms with Gasteiger partial charge in [-0.25, -0.2) is 0 Å². The van der Waals surface area contributed by atoms with Crippen molar-refractivity contribution in [3.63, 3.8) is 0 Å². The van der Waals surface area contributed by atoms with E-state index in [1.807, 2.05) is 0 Å². The number of nitrogens with zero attached hydrogens (tertiary/aromatic N) is 2. The lowest BCUT2D eigenvalue weighted by molar-refractivity contribution is -0.144. The van der Waals surface area contributed by atoms with Gasteiger partial charge in [0, 0.05) is 31.8 Å². The van der Waals surface area contributed by atoms with Crippen LogP contribution in [0.3, 0.4) is 0 Å². The van der Waals surface area contributed by atoms with Crippen molar-refractivity contribution in [2.75, 3.05) is 38.8 Å². The van der Waals surface area contributed by atoms with Gasteiger partial charge in [0.15, 0.2) is 0 Å². The molecule has 0 saturated heterocycles. The smallest absolute Gasteiger partial charge is 0.382 e. The van der Waals surface area contributed by atoms with Crippen molar-refractivity contribution < 1.29 is 22.6 Å². The van der Waals surface area contributed by atoms with E-state index in [1.54, 1.807) is 7.11 Å². The molecule has 0 fully saturated rings. The second-order valence-electron chi connectivity index (χ2n) is 3.31. The Morgan fingerprint density at radius 1 is 1.28 bits per heavy atom. The standard InChI is InChI=1S/C9H14F3N3O2S/c1-16-5-6-17-4-2-3-13-8-14-7(15-18-8)9(10,11)12/h2-6H2,1H3,(H,13,14,15). The van der Waals surface area contributed by atoms with Gasteiger partial charge in [-0.05, 0) is 6.42 Å². The Labute approximate surface area is 106 Å². The molecular formula is C9H14F3N3O2S. The van der Waals surface area contributed by atoms with Crippen LogP contribution in [0.4, 0.5) is 18.3 Å². The van der Waals surface area contributed by atoms with Crippen LogP contribution >= 0.6 is 11.5 Å². The van der Waals surface area contributed by atoms with Gasteiger partial charge in [0.1, 0.15) is 0 Å². The summed E-state index contributed by atoms with van der Waals surface area (Å²) >= 11 is 0.695. The molecule has 0 aliphatic carbocycles. The minimum absolute atomic E-state index is 0.166. The Bertz CT molecular complexity index is 346. The van der Waals surface area contributed by atoms with Gasteiger partial charge in [0.2, 0.25) is 11.0 Å². The van der Waals surface area contributed by atoms with E-state index in [2.05, 4.69) is 14.7 Å². The second-order valence-corrected chi connectivity index (χ2v) is 4.06. The van der Waals surface area contributed by atoms with E-state index in [1.165, 1.54) is 0 Å². The average molecular weight is 285 g/mol. The van der Waals surface area contributed by atoms with Crippen LogP contribution in [0.15, 0.2) is 0 Å². The number of aromatic nitrogens is 2. The predicted octanol–water partition coefficient (Wildman–Crippen LogP) is 2.02. The molecule has 0 aromatic carbocycles. The molecule has 0 aliphatic heterocycles. The number of hydrogen-bond donors (Lipinski definition) is 1. The van der Waals surface area contributed by atoms with Crippen LogP contribution in [0.2, 0.25) is 0 Å². The maximum Gasteiger partial charge on any atom is 0.452 e. The van der Waals surface area contributed by atoms with Crippen molar-refractivity contribution in [2.45, 2.75) is 12.6 Å². The van der Waals surface area contributed by atoms with Crippen molar-refractivity contribution in [3.05, 3.63) is 5.82 Å². The molecule has 1 aromatic rings. The molecule has 0 spiro atoms. The zero-order chi connectivity index (χ0) is 13.4. The van der Waals surface area contributed by atoms with E-state index in [0.29, 0.717) is 44.3 Å². The molecule has 1 aromatic heterocycles. The van der Waals surface area contributed by atoms with Gasteiger partial charge < -0.3 is 14.8 Å². The molecule has 0 radical (unpaired) electrons. The lowest BCUT2D eigenvalue weighted by Crippen LogP contribution is -2.09. The molecule has 1 N–H and O–H groups in total. The monoisotopic (exact) mass is 285 g/mol. The van der Waals surface area contributed by atoms with Crippen LogP contribution in [0.1, 0.15) is 12.2 Å². The Morgan fingerprint density at radius 3 is 2.67 bits per heavy atom. The van der Waals surface area contributed by atoms with Gasteiger partial charge in [-0.15, -0.1) is 0 Å². The van der Waals surface area contributed by atoms with Crippen LogP contribution in [0.25, 0.3) is 0 Å². The zero-order valence-electron chi connectivity index (χ0n) is 9.79. The molecule has 0 aliphatic rings. The summed E-state index contributed by atoms with van der Waals surface area (Å²) in [5, 5.41) is 2.93. The molecule has 5 nitrogen and oxygen atoms in total. The van der Waals surface area contributed by atoms with Crippen molar-refractivity contribution >= 4 is 16.7 Å².